The van der Waals surface area contributed by atoms with Gasteiger partial charge in [0.05, 0.1) is 18.5 Å². The van der Waals surface area contributed by atoms with Gasteiger partial charge in [-0.2, -0.15) is 0 Å². The highest BCUT2D eigenvalue weighted by atomic mass is 35.5. The lowest BCUT2D eigenvalue weighted by atomic mass is 10.2. The fourth-order valence-electron chi connectivity index (χ4n) is 1.45. The van der Waals surface area contributed by atoms with E-state index in [9.17, 15) is 0 Å². The largest absolute Gasteiger partial charge is 0.376 e. The Balaban J connectivity index is 1.85. The number of hydrogen-bond donors (Lipinski definition) is 1. The number of hydrogen-bond acceptors (Lipinski definition) is 4. The van der Waals surface area contributed by atoms with Gasteiger partial charge in [-0.15, -0.1) is 0 Å². The van der Waals surface area contributed by atoms with Gasteiger partial charge in [0.25, 0.3) is 0 Å². The van der Waals surface area contributed by atoms with Gasteiger partial charge in [-0.05, 0) is 12.8 Å². The van der Waals surface area contributed by atoms with E-state index < -0.39 is 0 Å². The second kappa shape index (κ2) is 4.57. The summed E-state index contributed by atoms with van der Waals surface area (Å²) in [4.78, 5) is 8.00. The van der Waals surface area contributed by atoms with Gasteiger partial charge in [0.1, 0.15) is 11.0 Å². The Morgan fingerprint density at radius 2 is 2.50 bits per heavy atom. The summed E-state index contributed by atoms with van der Waals surface area (Å²) in [5, 5.41) is 3.55. The molecule has 0 saturated carbocycles. The molecule has 1 fully saturated rings. The van der Waals surface area contributed by atoms with Gasteiger partial charge in [-0.3, -0.25) is 4.98 Å². The fourth-order valence-corrected chi connectivity index (χ4v) is 1.60. The first kappa shape index (κ1) is 9.68. The molecular formula is C9H12ClN3O. The Labute approximate surface area is 87.7 Å². The van der Waals surface area contributed by atoms with Crippen LogP contribution in [0.2, 0.25) is 5.15 Å². The van der Waals surface area contributed by atoms with Crippen LogP contribution >= 0.6 is 11.6 Å². The lowest BCUT2D eigenvalue weighted by Gasteiger charge is -2.10. The molecule has 1 aliphatic rings. The molecule has 0 amide bonds. The minimum absolute atomic E-state index is 0.302. The van der Waals surface area contributed by atoms with Crippen molar-refractivity contribution in [2.45, 2.75) is 18.9 Å². The molecule has 2 rings (SSSR count). The van der Waals surface area contributed by atoms with E-state index in [0.717, 1.165) is 26.0 Å². The van der Waals surface area contributed by atoms with E-state index in [0.29, 0.717) is 17.1 Å². The third kappa shape index (κ3) is 2.56. The second-order valence-electron chi connectivity index (χ2n) is 3.24. The Kier molecular flexibility index (Phi) is 3.16. The van der Waals surface area contributed by atoms with Crippen molar-refractivity contribution in [2.75, 3.05) is 18.5 Å². The van der Waals surface area contributed by atoms with Crippen LogP contribution < -0.4 is 5.32 Å². The Hall–Kier alpha value is -0.870. The molecule has 1 aliphatic heterocycles. The summed E-state index contributed by atoms with van der Waals surface area (Å²) < 4.78 is 5.46. The predicted octanol–water partition coefficient (Wildman–Crippen LogP) is 1.72. The first-order valence-electron chi connectivity index (χ1n) is 4.67. The first-order chi connectivity index (χ1) is 6.84. The normalized spacial score (nSPS) is 21.1. The van der Waals surface area contributed by atoms with Crippen LogP contribution in [0.1, 0.15) is 12.8 Å². The van der Waals surface area contributed by atoms with Crippen LogP contribution in [-0.4, -0.2) is 29.2 Å². The monoisotopic (exact) mass is 213 g/mol. The van der Waals surface area contributed by atoms with E-state index in [1.54, 1.807) is 6.20 Å². The Bertz CT molecular complexity index is 302. The summed E-state index contributed by atoms with van der Waals surface area (Å²) in [6.07, 6.45) is 5.73. The average molecular weight is 214 g/mol. The summed E-state index contributed by atoms with van der Waals surface area (Å²) in [6, 6.07) is 0. The standard InChI is InChI=1S/C9H12ClN3O/c10-8-5-11-6-9(13-8)12-4-7-2-1-3-14-7/h5-7H,1-4H2,(H,12,13). The van der Waals surface area contributed by atoms with Crippen molar-refractivity contribution in [1.82, 2.24) is 9.97 Å². The molecule has 0 aromatic carbocycles. The summed E-state index contributed by atoms with van der Waals surface area (Å²) in [6.45, 7) is 1.64. The van der Waals surface area contributed by atoms with E-state index in [1.807, 2.05) is 0 Å². The van der Waals surface area contributed by atoms with Crippen LogP contribution in [0.3, 0.4) is 0 Å². The van der Waals surface area contributed by atoms with Gasteiger partial charge in [0, 0.05) is 13.2 Å². The molecule has 1 saturated heterocycles. The molecule has 1 unspecified atom stereocenters. The Morgan fingerprint density at radius 3 is 3.21 bits per heavy atom. The van der Waals surface area contributed by atoms with Gasteiger partial charge in [0.2, 0.25) is 0 Å². The number of halogens is 1. The van der Waals surface area contributed by atoms with Gasteiger partial charge >= 0.3 is 0 Å². The molecule has 1 N–H and O–H groups in total. The van der Waals surface area contributed by atoms with Gasteiger partial charge in [0.15, 0.2) is 0 Å². The lowest BCUT2D eigenvalue weighted by molar-refractivity contribution is 0.120. The highest BCUT2D eigenvalue weighted by Crippen LogP contribution is 2.13. The summed E-state index contributed by atoms with van der Waals surface area (Å²) >= 11 is 5.70. The SMILES string of the molecule is Clc1cncc(NCC2CCCO2)n1. The molecule has 2 heterocycles. The highest BCUT2D eigenvalue weighted by Gasteiger charge is 2.14. The predicted molar refractivity (Wildman–Crippen MR) is 54.5 cm³/mol. The molecule has 0 bridgehead atoms. The van der Waals surface area contributed by atoms with Crippen molar-refractivity contribution < 1.29 is 4.74 Å². The molecule has 5 heteroatoms. The number of nitrogens with zero attached hydrogens (tertiary/aromatic N) is 2. The summed E-state index contributed by atoms with van der Waals surface area (Å²) in [5.41, 5.74) is 0. The minimum atomic E-state index is 0.302. The van der Waals surface area contributed by atoms with Crippen LogP contribution in [0.15, 0.2) is 12.4 Å². The number of ether oxygens (including phenoxy) is 1. The van der Waals surface area contributed by atoms with E-state index in [4.69, 9.17) is 16.3 Å². The zero-order valence-corrected chi connectivity index (χ0v) is 8.50. The van der Waals surface area contributed by atoms with Crippen molar-refractivity contribution in [3.63, 3.8) is 0 Å². The summed E-state index contributed by atoms with van der Waals surface area (Å²) in [7, 11) is 0. The second-order valence-corrected chi connectivity index (χ2v) is 3.63. The van der Waals surface area contributed by atoms with Crippen LogP contribution in [0.25, 0.3) is 0 Å². The summed E-state index contributed by atoms with van der Waals surface area (Å²) in [5.74, 6) is 0.702. The quantitative estimate of drug-likeness (QED) is 0.831. The number of rotatable bonds is 3. The van der Waals surface area contributed by atoms with E-state index >= 15 is 0 Å². The topological polar surface area (TPSA) is 47.0 Å². The van der Waals surface area contributed by atoms with Crippen molar-refractivity contribution in [3.8, 4) is 0 Å². The maximum Gasteiger partial charge on any atom is 0.149 e. The molecule has 0 spiro atoms. The van der Waals surface area contributed by atoms with Crippen LogP contribution in [0, 0.1) is 0 Å². The van der Waals surface area contributed by atoms with Gasteiger partial charge < -0.3 is 10.1 Å². The molecule has 1 aromatic rings. The number of aromatic nitrogens is 2. The molecule has 1 atom stereocenters. The lowest BCUT2D eigenvalue weighted by Crippen LogP contribution is -2.18. The van der Waals surface area contributed by atoms with Crippen molar-refractivity contribution >= 4 is 17.4 Å². The Morgan fingerprint density at radius 1 is 1.57 bits per heavy atom. The maximum absolute atomic E-state index is 5.70. The molecule has 4 nitrogen and oxygen atoms in total. The molecule has 0 radical (unpaired) electrons. The van der Waals surface area contributed by atoms with Crippen molar-refractivity contribution in [3.05, 3.63) is 17.5 Å². The minimum Gasteiger partial charge on any atom is -0.376 e. The third-order valence-electron chi connectivity index (χ3n) is 2.14. The first-order valence-corrected chi connectivity index (χ1v) is 5.05. The smallest absolute Gasteiger partial charge is 0.149 e. The van der Waals surface area contributed by atoms with Crippen molar-refractivity contribution in [2.24, 2.45) is 0 Å². The number of nitrogens with one attached hydrogen (secondary N) is 1. The zero-order chi connectivity index (χ0) is 9.80. The zero-order valence-electron chi connectivity index (χ0n) is 7.74. The maximum atomic E-state index is 5.70. The highest BCUT2D eigenvalue weighted by molar-refractivity contribution is 6.29. The molecule has 1 aromatic heterocycles. The molecule has 76 valence electrons. The number of anilines is 1. The average Bonchev–Trinajstić information content (AvgIpc) is 2.67. The fraction of sp³-hybridized carbons (Fsp3) is 0.556. The van der Waals surface area contributed by atoms with Crippen LogP contribution in [-0.2, 0) is 4.74 Å². The van der Waals surface area contributed by atoms with Gasteiger partial charge in [-0.1, -0.05) is 11.6 Å². The molecular weight excluding hydrogens is 202 g/mol. The van der Waals surface area contributed by atoms with E-state index in [-0.39, 0.29) is 0 Å². The van der Waals surface area contributed by atoms with Crippen molar-refractivity contribution in [1.29, 1.82) is 0 Å². The van der Waals surface area contributed by atoms with E-state index in [1.165, 1.54) is 6.20 Å². The van der Waals surface area contributed by atoms with Crippen LogP contribution in [0.5, 0.6) is 0 Å². The van der Waals surface area contributed by atoms with Gasteiger partial charge in [-0.25, -0.2) is 4.98 Å². The third-order valence-corrected chi connectivity index (χ3v) is 2.32. The van der Waals surface area contributed by atoms with Crippen LogP contribution in [0.4, 0.5) is 5.82 Å². The molecule has 14 heavy (non-hydrogen) atoms. The molecule has 0 aliphatic carbocycles. The van der Waals surface area contributed by atoms with E-state index in [2.05, 4.69) is 15.3 Å².